The molecule has 0 heterocycles. The van der Waals surface area contributed by atoms with Crippen LogP contribution >= 0.6 is 0 Å². The summed E-state index contributed by atoms with van der Waals surface area (Å²) in [6.45, 7) is 2.19. The number of hydrogen-bond donors (Lipinski definition) is 1. The van der Waals surface area contributed by atoms with Gasteiger partial charge in [-0.05, 0) is 91.7 Å². The second-order valence-corrected chi connectivity index (χ2v) is 13.4. The van der Waals surface area contributed by atoms with Gasteiger partial charge in [0.15, 0.2) is 0 Å². The van der Waals surface area contributed by atoms with Gasteiger partial charge in [0.25, 0.3) is 0 Å². The summed E-state index contributed by atoms with van der Waals surface area (Å²) in [6.07, 6.45) is 11.2. The molecule has 0 aliphatic heterocycles. The standard InChI is InChI=1S/C32H35NO4S/c1-5-32(34)19-17-28-25-14-12-21-20-22(13-15-23(21)24(25)16-18-31(28,32)2)37-38(35,36)30-11-7-8-26-27(30)9-6-10-29(26)33(3)4/h1,6-11,13,15,20,24-25,28,34H,12,14,16-19H2,2-4H3/t24-,25-,28+,31+,32-/m1/s1. The number of fused-ring (bicyclic) bond motifs is 6. The summed E-state index contributed by atoms with van der Waals surface area (Å²) in [6, 6.07) is 16.8. The van der Waals surface area contributed by atoms with Crippen LogP contribution in [0, 0.1) is 29.6 Å². The van der Waals surface area contributed by atoms with Crippen molar-refractivity contribution in [1.82, 2.24) is 0 Å². The Balaban J connectivity index is 1.29. The van der Waals surface area contributed by atoms with Crippen LogP contribution < -0.4 is 9.08 Å². The minimum Gasteiger partial charge on any atom is -0.379 e. The van der Waals surface area contributed by atoms with Crippen molar-refractivity contribution >= 4 is 26.6 Å². The molecule has 198 valence electrons. The smallest absolute Gasteiger partial charge is 0.339 e. The van der Waals surface area contributed by atoms with Crippen LogP contribution in [0.1, 0.15) is 56.1 Å². The first-order valence-electron chi connectivity index (χ1n) is 13.5. The predicted molar refractivity (Wildman–Crippen MR) is 151 cm³/mol. The molecule has 6 heteroatoms. The fourth-order valence-corrected chi connectivity index (χ4v) is 9.05. The van der Waals surface area contributed by atoms with Crippen LogP contribution in [0.25, 0.3) is 10.8 Å². The molecule has 6 rings (SSSR count). The molecule has 0 bridgehead atoms. The number of aryl methyl sites for hydroxylation is 1. The summed E-state index contributed by atoms with van der Waals surface area (Å²) in [4.78, 5) is 2.15. The molecule has 5 atom stereocenters. The number of aliphatic hydroxyl groups is 1. The molecule has 3 aliphatic rings. The lowest BCUT2D eigenvalue weighted by Gasteiger charge is -2.52. The highest BCUT2D eigenvalue weighted by atomic mass is 32.2. The van der Waals surface area contributed by atoms with Crippen LogP contribution in [0.2, 0.25) is 0 Å². The van der Waals surface area contributed by atoms with Gasteiger partial charge in [-0.3, -0.25) is 0 Å². The van der Waals surface area contributed by atoms with E-state index in [0.717, 1.165) is 43.2 Å². The highest BCUT2D eigenvalue weighted by Gasteiger charge is 2.61. The monoisotopic (exact) mass is 529 g/mol. The molecule has 0 amide bonds. The molecule has 38 heavy (non-hydrogen) atoms. The average molecular weight is 530 g/mol. The summed E-state index contributed by atoms with van der Waals surface area (Å²) in [5, 5.41) is 12.7. The Morgan fingerprint density at radius 2 is 1.79 bits per heavy atom. The summed E-state index contributed by atoms with van der Waals surface area (Å²) >= 11 is 0. The molecule has 3 aliphatic carbocycles. The molecule has 0 spiro atoms. The van der Waals surface area contributed by atoms with Crippen LogP contribution in [-0.4, -0.2) is 33.2 Å². The Bertz CT molecular complexity index is 1570. The van der Waals surface area contributed by atoms with E-state index in [-0.39, 0.29) is 10.3 Å². The van der Waals surface area contributed by atoms with Crippen LogP contribution in [0.4, 0.5) is 5.69 Å². The molecule has 0 radical (unpaired) electrons. The van der Waals surface area contributed by atoms with E-state index >= 15 is 0 Å². The molecule has 5 nitrogen and oxygen atoms in total. The number of benzene rings is 3. The molecule has 3 aromatic rings. The fourth-order valence-electron chi connectivity index (χ4n) is 7.91. The van der Waals surface area contributed by atoms with Crippen molar-refractivity contribution < 1.29 is 17.7 Å². The van der Waals surface area contributed by atoms with E-state index in [1.807, 2.05) is 49.3 Å². The summed E-state index contributed by atoms with van der Waals surface area (Å²) in [5.41, 5.74) is 2.17. The fraction of sp³-hybridized carbons (Fsp3) is 0.438. The Morgan fingerprint density at radius 1 is 1.03 bits per heavy atom. The average Bonchev–Trinajstić information content (AvgIpc) is 3.18. The molecule has 2 fully saturated rings. The van der Waals surface area contributed by atoms with Crippen molar-refractivity contribution in [2.75, 3.05) is 19.0 Å². The molecule has 0 saturated heterocycles. The van der Waals surface area contributed by atoms with Crippen LogP contribution in [0.5, 0.6) is 5.75 Å². The second-order valence-electron chi connectivity index (χ2n) is 11.8. The van der Waals surface area contributed by atoms with Gasteiger partial charge in [-0.25, -0.2) is 0 Å². The number of anilines is 1. The molecular weight excluding hydrogens is 494 g/mol. The van der Waals surface area contributed by atoms with Gasteiger partial charge in [0.1, 0.15) is 16.2 Å². The van der Waals surface area contributed by atoms with E-state index in [2.05, 4.69) is 18.9 Å². The maximum atomic E-state index is 13.5. The van der Waals surface area contributed by atoms with Crippen molar-refractivity contribution in [3.63, 3.8) is 0 Å². The molecule has 1 N–H and O–H groups in total. The van der Waals surface area contributed by atoms with Gasteiger partial charge in [-0.2, -0.15) is 8.42 Å². The lowest BCUT2D eigenvalue weighted by Crippen LogP contribution is -2.50. The van der Waals surface area contributed by atoms with Gasteiger partial charge in [0, 0.05) is 36.0 Å². The predicted octanol–water partition coefficient (Wildman–Crippen LogP) is 5.89. The highest BCUT2D eigenvalue weighted by molar-refractivity contribution is 7.87. The number of rotatable bonds is 4. The zero-order valence-corrected chi connectivity index (χ0v) is 23.1. The van der Waals surface area contributed by atoms with E-state index in [0.29, 0.717) is 35.3 Å². The maximum absolute atomic E-state index is 13.5. The third-order valence-electron chi connectivity index (χ3n) is 9.90. The first-order valence-corrected chi connectivity index (χ1v) is 15.0. The lowest BCUT2D eigenvalue weighted by molar-refractivity contribution is -0.0646. The summed E-state index contributed by atoms with van der Waals surface area (Å²) in [5.74, 6) is 4.39. The van der Waals surface area contributed by atoms with Crippen molar-refractivity contribution in [3.8, 4) is 18.1 Å². The molecule has 0 aromatic heterocycles. The van der Waals surface area contributed by atoms with E-state index in [4.69, 9.17) is 10.6 Å². The molecular formula is C32H35NO4S. The van der Waals surface area contributed by atoms with Gasteiger partial charge < -0.3 is 14.2 Å². The van der Waals surface area contributed by atoms with Crippen molar-refractivity contribution in [2.24, 2.45) is 17.3 Å². The zero-order chi connectivity index (χ0) is 26.9. The lowest BCUT2D eigenvalue weighted by atomic mass is 9.53. The van der Waals surface area contributed by atoms with Gasteiger partial charge in [0.05, 0.1) is 0 Å². The quantitative estimate of drug-likeness (QED) is 0.337. The number of hydrogen-bond acceptors (Lipinski definition) is 5. The SMILES string of the molecule is C#C[C@@]1(O)CC[C@H]2[C@@H]3CCc4cc(OS(=O)(=O)c5cccc6c(N(C)C)cccc56)ccc4[C@H]3CC[C@@]21C. The third kappa shape index (κ3) is 3.66. The topological polar surface area (TPSA) is 66.8 Å². The molecule has 2 saturated carbocycles. The van der Waals surface area contributed by atoms with Gasteiger partial charge in [0.2, 0.25) is 0 Å². The summed E-state index contributed by atoms with van der Waals surface area (Å²) < 4.78 is 32.7. The number of terminal acetylenes is 1. The highest BCUT2D eigenvalue weighted by Crippen LogP contribution is 2.64. The normalized spacial score (nSPS) is 30.1. The van der Waals surface area contributed by atoms with Crippen LogP contribution in [-0.2, 0) is 16.5 Å². The first-order chi connectivity index (χ1) is 18.1. The molecule has 3 aromatic carbocycles. The van der Waals surface area contributed by atoms with Crippen molar-refractivity contribution in [3.05, 3.63) is 65.7 Å². The Hall–Kier alpha value is -3.01. The Kier molecular flexibility index (Phi) is 5.83. The summed E-state index contributed by atoms with van der Waals surface area (Å²) in [7, 11) is -0.146. The van der Waals surface area contributed by atoms with Crippen LogP contribution in [0.3, 0.4) is 0 Å². The van der Waals surface area contributed by atoms with E-state index in [1.165, 1.54) is 11.1 Å². The largest absolute Gasteiger partial charge is 0.379 e. The van der Waals surface area contributed by atoms with E-state index in [9.17, 15) is 13.5 Å². The third-order valence-corrected chi connectivity index (χ3v) is 11.2. The number of nitrogens with zero attached hydrogens (tertiary/aromatic N) is 1. The van der Waals surface area contributed by atoms with Gasteiger partial charge >= 0.3 is 10.1 Å². The first kappa shape index (κ1) is 25.3. The maximum Gasteiger partial charge on any atom is 0.339 e. The van der Waals surface area contributed by atoms with E-state index < -0.39 is 15.7 Å². The minimum atomic E-state index is -4.03. The Labute approximate surface area is 225 Å². The van der Waals surface area contributed by atoms with Gasteiger partial charge in [-0.15, -0.1) is 6.42 Å². The van der Waals surface area contributed by atoms with Crippen molar-refractivity contribution in [1.29, 1.82) is 0 Å². The van der Waals surface area contributed by atoms with Gasteiger partial charge in [-0.1, -0.05) is 43.2 Å². The molecule has 0 unspecified atom stereocenters. The van der Waals surface area contributed by atoms with Crippen LogP contribution in [0.15, 0.2) is 59.5 Å². The Morgan fingerprint density at radius 3 is 2.55 bits per heavy atom. The van der Waals surface area contributed by atoms with Crippen molar-refractivity contribution in [2.45, 2.75) is 61.9 Å². The van der Waals surface area contributed by atoms with E-state index in [1.54, 1.807) is 18.2 Å². The second kappa shape index (κ2) is 8.76. The minimum absolute atomic E-state index is 0.172. The zero-order valence-electron chi connectivity index (χ0n) is 22.3.